The first-order valence-electron chi connectivity index (χ1n) is 9.01. The molecule has 1 aliphatic carbocycles. The predicted octanol–water partition coefficient (Wildman–Crippen LogP) is 4.15. The summed E-state index contributed by atoms with van der Waals surface area (Å²) in [7, 11) is 0. The number of carbonyl (C=O) groups is 1. The van der Waals surface area contributed by atoms with Crippen molar-refractivity contribution in [1.29, 1.82) is 0 Å². The molecule has 0 saturated carbocycles. The molecule has 5 heteroatoms. The minimum absolute atomic E-state index is 0.00556. The van der Waals surface area contributed by atoms with E-state index < -0.39 is 0 Å². The van der Waals surface area contributed by atoms with E-state index in [0.717, 1.165) is 12.8 Å². The number of aryl methyl sites for hydroxylation is 2. The molecule has 4 nitrogen and oxygen atoms in total. The number of aromatic nitrogens is 1. The van der Waals surface area contributed by atoms with Crippen molar-refractivity contribution in [2.45, 2.75) is 18.9 Å². The van der Waals surface area contributed by atoms with Crippen molar-refractivity contribution in [3.05, 3.63) is 94.3 Å². The first-order valence-corrected chi connectivity index (χ1v) is 9.39. The third-order valence-corrected chi connectivity index (χ3v) is 5.10. The Balaban J connectivity index is 1.54. The van der Waals surface area contributed by atoms with Crippen molar-refractivity contribution in [2.75, 3.05) is 11.9 Å². The second-order valence-electron chi connectivity index (χ2n) is 6.63. The molecule has 1 aromatic heterocycles. The molecule has 1 amide bonds. The van der Waals surface area contributed by atoms with Gasteiger partial charge in [0.15, 0.2) is 0 Å². The lowest BCUT2D eigenvalue weighted by atomic mass is 9.94. The molecule has 0 unspecified atom stereocenters. The van der Waals surface area contributed by atoms with Crippen LogP contribution in [0.25, 0.3) is 0 Å². The van der Waals surface area contributed by atoms with E-state index in [-0.39, 0.29) is 18.5 Å². The number of anilines is 1. The van der Waals surface area contributed by atoms with Gasteiger partial charge in [-0.25, -0.2) is 4.98 Å². The third kappa shape index (κ3) is 4.02. The summed E-state index contributed by atoms with van der Waals surface area (Å²) in [4.78, 5) is 16.4. The van der Waals surface area contributed by atoms with Crippen LogP contribution in [-0.2, 0) is 17.6 Å². The third-order valence-electron chi connectivity index (χ3n) is 4.87. The van der Waals surface area contributed by atoms with Crippen LogP contribution < -0.4 is 10.6 Å². The lowest BCUT2D eigenvalue weighted by Gasteiger charge is -2.21. The van der Waals surface area contributed by atoms with Gasteiger partial charge in [-0.05, 0) is 47.2 Å². The fourth-order valence-corrected chi connectivity index (χ4v) is 3.71. The lowest BCUT2D eigenvalue weighted by molar-refractivity contribution is -0.115. The van der Waals surface area contributed by atoms with Crippen molar-refractivity contribution >= 4 is 23.2 Å². The minimum atomic E-state index is -0.113. The topological polar surface area (TPSA) is 54.0 Å². The summed E-state index contributed by atoms with van der Waals surface area (Å²) in [6.07, 6.45) is 3.57. The quantitative estimate of drug-likeness (QED) is 0.671. The Labute approximate surface area is 163 Å². The molecular formula is C22H20ClN3O. The van der Waals surface area contributed by atoms with Gasteiger partial charge in [0, 0.05) is 0 Å². The first kappa shape index (κ1) is 17.7. The zero-order valence-corrected chi connectivity index (χ0v) is 15.5. The van der Waals surface area contributed by atoms with Crippen molar-refractivity contribution < 1.29 is 4.79 Å². The van der Waals surface area contributed by atoms with Gasteiger partial charge in [0.1, 0.15) is 5.15 Å². The van der Waals surface area contributed by atoms with E-state index in [2.05, 4.69) is 64.1 Å². The fraction of sp³-hybridized carbons (Fsp3) is 0.182. The molecule has 4 rings (SSSR count). The van der Waals surface area contributed by atoms with Gasteiger partial charge in [-0.15, -0.1) is 0 Å². The molecule has 0 atom stereocenters. The zero-order chi connectivity index (χ0) is 18.6. The second kappa shape index (κ2) is 7.91. The van der Waals surface area contributed by atoms with E-state index in [1.54, 1.807) is 18.3 Å². The molecule has 0 bridgehead atoms. The Morgan fingerprint density at radius 2 is 1.59 bits per heavy atom. The van der Waals surface area contributed by atoms with E-state index in [1.807, 2.05) is 0 Å². The Hall–Kier alpha value is -2.69. The highest BCUT2D eigenvalue weighted by Crippen LogP contribution is 2.32. The summed E-state index contributed by atoms with van der Waals surface area (Å²) in [6, 6.07) is 20.3. The first-order chi connectivity index (χ1) is 13.2. The number of amides is 1. The molecule has 2 N–H and O–H groups in total. The van der Waals surface area contributed by atoms with Crippen LogP contribution in [0.15, 0.2) is 66.9 Å². The van der Waals surface area contributed by atoms with Crippen LogP contribution in [0.3, 0.4) is 0 Å². The maximum absolute atomic E-state index is 12.4. The van der Waals surface area contributed by atoms with Gasteiger partial charge in [-0.1, -0.05) is 60.1 Å². The zero-order valence-electron chi connectivity index (χ0n) is 14.8. The highest BCUT2D eigenvalue weighted by molar-refractivity contribution is 6.29. The number of fused-ring (bicyclic) bond motifs is 2. The molecule has 1 aliphatic rings. The van der Waals surface area contributed by atoms with Gasteiger partial charge in [0.25, 0.3) is 0 Å². The standard InChI is InChI=1S/C22H20ClN3O/c23-20-12-11-17(13-24-20)26-21(27)14-25-22-18-7-3-1-5-15(18)9-10-16-6-2-4-8-19(16)22/h1-8,11-13,22,25H,9-10,14H2,(H,26,27). The number of nitrogens with zero attached hydrogens (tertiary/aromatic N) is 1. The normalized spacial score (nSPS) is 13.4. The largest absolute Gasteiger partial charge is 0.324 e. The Kier molecular flexibility index (Phi) is 5.19. The highest BCUT2D eigenvalue weighted by Gasteiger charge is 2.23. The number of carbonyl (C=O) groups excluding carboxylic acids is 1. The predicted molar refractivity (Wildman–Crippen MR) is 108 cm³/mol. The monoisotopic (exact) mass is 377 g/mol. The van der Waals surface area contributed by atoms with Gasteiger partial charge < -0.3 is 5.32 Å². The van der Waals surface area contributed by atoms with E-state index in [0.29, 0.717) is 10.8 Å². The summed E-state index contributed by atoms with van der Waals surface area (Å²) in [5.74, 6) is -0.113. The SMILES string of the molecule is O=C(CNC1c2ccccc2CCc2ccccc21)Nc1ccc(Cl)nc1. The van der Waals surface area contributed by atoms with Crippen LogP contribution in [-0.4, -0.2) is 17.4 Å². The van der Waals surface area contributed by atoms with Gasteiger partial charge in [0.2, 0.25) is 5.91 Å². The van der Waals surface area contributed by atoms with E-state index in [1.165, 1.54) is 22.3 Å². The van der Waals surface area contributed by atoms with Crippen molar-refractivity contribution in [3.8, 4) is 0 Å². The fourth-order valence-electron chi connectivity index (χ4n) is 3.59. The van der Waals surface area contributed by atoms with Gasteiger partial charge >= 0.3 is 0 Å². The van der Waals surface area contributed by atoms with Crippen molar-refractivity contribution in [1.82, 2.24) is 10.3 Å². The number of halogens is 1. The van der Waals surface area contributed by atoms with Gasteiger partial charge in [0.05, 0.1) is 24.5 Å². The number of nitrogens with one attached hydrogen (secondary N) is 2. The number of hydrogen-bond acceptors (Lipinski definition) is 3. The molecule has 0 radical (unpaired) electrons. The maximum Gasteiger partial charge on any atom is 0.238 e. The van der Waals surface area contributed by atoms with Crippen LogP contribution in [0, 0.1) is 0 Å². The molecule has 136 valence electrons. The summed E-state index contributed by atoms with van der Waals surface area (Å²) in [6.45, 7) is 0.204. The number of hydrogen-bond donors (Lipinski definition) is 2. The van der Waals surface area contributed by atoms with Gasteiger partial charge in [-0.3, -0.25) is 10.1 Å². The summed E-state index contributed by atoms with van der Waals surface area (Å²) < 4.78 is 0. The van der Waals surface area contributed by atoms with Crippen LogP contribution in [0.2, 0.25) is 5.15 Å². The van der Waals surface area contributed by atoms with Crippen LogP contribution in [0.1, 0.15) is 28.3 Å². The van der Waals surface area contributed by atoms with Crippen molar-refractivity contribution in [2.24, 2.45) is 0 Å². The molecule has 2 aromatic carbocycles. The lowest BCUT2D eigenvalue weighted by Crippen LogP contribution is -2.32. The number of rotatable bonds is 4. The van der Waals surface area contributed by atoms with Gasteiger partial charge in [-0.2, -0.15) is 0 Å². The second-order valence-corrected chi connectivity index (χ2v) is 7.02. The summed E-state index contributed by atoms with van der Waals surface area (Å²) >= 11 is 5.79. The van der Waals surface area contributed by atoms with E-state index in [9.17, 15) is 4.79 Å². The van der Waals surface area contributed by atoms with Crippen molar-refractivity contribution in [3.63, 3.8) is 0 Å². The Morgan fingerprint density at radius 3 is 2.19 bits per heavy atom. The summed E-state index contributed by atoms with van der Waals surface area (Å²) in [5, 5.41) is 6.70. The molecule has 27 heavy (non-hydrogen) atoms. The number of pyridine rings is 1. The molecule has 0 fully saturated rings. The average Bonchev–Trinajstić information content (AvgIpc) is 2.85. The Bertz CT molecular complexity index is 908. The molecule has 0 spiro atoms. The molecule has 3 aromatic rings. The Morgan fingerprint density at radius 1 is 0.963 bits per heavy atom. The molecule has 1 heterocycles. The molecule has 0 saturated heterocycles. The smallest absolute Gasteiger partial charge is 0.238 e. The van der Waals surface area contributed by atoms with Crippen LogP contribution in [0.4, 0.5) is 5.69 Å². The van der Waals surface area contributed by atoms with Crippen LogP contribution in [0.5, 0.6) is 0 Å². The van der Waals surface area contributed by atoms with E-state index >= 15 is 0 Å². The van der Waals surface area contributed by atoms with Crippen LogP contribution >= 0.6 is 11.6 Å². The minimum Gasteiger partial charge on any atom is -0.324 e. The number of benzene rings is 2. The van der Waals surface area contributed by atoms with E-state index in [4.69, 9.17) is 11.6 Å². The molecular weight excluding hydrogens is 358 g/mol. The maximum atomic E-state index is 12.4. The summed E-state index contributed by atoms with van der Waals surface area (Å²) in [5.41, 5.74) is 5.77. The highest BCUT2D eigenvalue weighted by atomic mass is 35.5. The molecule has 0 aliphatic heterocycles. The average molecular weight is 378 g/mol.